The summed E-state index contributed by atoms with van der Waals surface area (Å²) in [6.45, 7) is -0.685. The molecule has 0 unspecified atom stereocenters. The van der Waals surface area contributed by atoms with Crippen LogP contribution in [0, 0.1) is 0 Å². The first-order chi connectivity index (χ1) is 8.45. The monoisotopic (exact) mass is 271 g/mol. The van der Waals surface area contributed by atoms with Gasteiger partial charge >= 0.3 is 0 Å². The van der Waals surface area contributed by atoms with E-state index in [1.54, 1.807) is 18.2 Å². The Morgan fingerprint density at radius 3 is 2.22 bits per heavy atom. The highest BCUT2D eigenvalue weighted by Gasteiger charge is 2.16. The van der Waals surface area contributed by atoms with E-state index < -0.39 is 11.8 Å². The number of aliphatic hydroxyl groups excluding tert-OH is 1. The molecule has 0 atom stereocenters. The molecule has 0 aliphatic heterocycles. The van der Waals surface area contributed by atoms with Gasteiger partial charge in [0.15, 0.2) is 0 Å². The fourth-order valence-corrected chi connectivity index (χ4v) is 1.83. The average Bonchev–Trinajstić information content (AvgIpc) is 2.26. The highest BCUT2D eigenvalue weighted by molar-refractivity contribution is 6.31. The largest absolute Gasteiger partial charge is 0.392 e. The molecule has 0 saturated carbocycles. The van der Waals surface area contributed by atoms with Gasteiger partial charge in [0, 0.05) is 16.3 Å². The molecule has 6 nitrogen and oxygen atoms in total. The van der Waals surface area contributed by atoms with Crippen molar-refractivity contribution in [3.63, 3.8) is 0 Å². The van der Waals surface area contributed by atoms with Gasteiger partial charge in [0.1, 0.15) is 0 Å². The molecule has 0 radical (unpaired) electrons. The van der Waals surface area contributed by atoms with Crippen LogP contribution in [-0.2, 0) is 16.2 Å². The van der Waals surface area contributed by atoms with Crippen LogP contribution in [0.3, 0.4) is 0 Å². The maximum atomic E-state index is 11.0. The molecule has 0 aliphatic rings. The highest BCUT2D eigenvalue weighted by atomic mass is 35.5. The minimum atomic E-state index is -0.611. The number of nitrogens with two attached hydrogens (primary N) is 2. The summed E-state index contributed by atoms with van der Waals surface area (Å²) in [5.74, 6) is -1.22. The van der Waals surface area contributed by atoms with E-state index in [0.717, 1.165) is 0 Å². The second-order valence-corrected chi connectivity index (χ2v) is 4.09. The lowest BCUT2D eigenvalue weighted by atomic mass is 10.1. The molecule has 0 aromatic heterocycles. The van der Waals surface area contributed by atoms with Crippen LogP contribution in [0.2, 0.25) is 5.02 Å². The Bertz CT molecular complexity index is 449. The van der Waals surface area contributed by atoms with Crippen molar-refractivity contribution in [1.29, 1.82) is 0 Å². The van der Waals surface area contributed by atoms with Gasteiger partial charge in [-0.25, -0.2) is 0 Å². The molecule has 98 valence electrons. The maximum absolute atomic E-state index is 11.0. The molecular weight excluding hydrogens is 258 g/mol. The predicted molar refractivity (Wildman–Crippen MR) is 68.0 cm³/mol. The molecule has 7 heteroatoms. The van der Waals surface area contributed by atoms with Crippen LogP contribution < -0.4 is 16.4 Å². The smallest absolute Gasteiger partial charge is 0.236 e. The van der Waals surface area contributed by atoms with Gasteiger partial charge in [-0.3, -0.25) is 9.59 Å². The van der Waals surface area contributed by atoms with Crippen molar-refractivity contribution in [3.05, 3.63) is 28.8 Å². The Hall–Kier alpha value is -1.79. The van der Waals surface area contributed by atoms with Crippen LogP contribution in [-0.4, -0.2) is 30.0 Å². The lowest BCUT2D eigenvalue weighted by Gasteiger charge is -2.24. The third-order valence-electron chi connectivity index (χ3n) is 2.29. The van der Waals surface area contributed by atoms with Crippen molar-refractivity contribution in [2.45, 2.75) is 6.61 Å². The SMILES string of the molecule is NC(=O)CN(CC(N)=O)c1cccc(Cl)c1CO. The van der Waals surface area contributed by atoms with Crippen LogP contribution in [0.25, 0.3) is 0 Å². The number of carbonyl (C=O) groups excluding carboxylic acids is 2. The van der Waals surface area contributed by atoms with Crippen LogP contribution >= 0.6 is 11.6 Å². The molecule has 5 N–H and O–H groups in total. The fraction of sp³-hybridized carbons (Fsp3) is 0.273. The Kier molecular flexibility index (Phi) is 4.94. The number of hydrogen-bond acceptors (Lipinski definition) is 4. The van der Waals surface area contributed by atoms with Gasteiger partial charge in [0.25, 0.3) is 0 Å². The summed E-state index contributed by atoms with van der Waals surface area (Å²) in [6, 6.07) is 4.87. The number of benzene rings is 1. The van der Waals surface area contributed by atoms with Crippen molar-refractivity contribution in [2.24, 2.45) is 11.5 Å². The summed E-state index contributed by atoms with van der Waals surface area (Å²) < 4.78 is 0. The first-order valence-corrected chi connectivity index (χ1v) is 5.53. The molecule has 0 heterocycles. The summed E-state index contributed by atoms with van der Waals surface area (Å²) in [6.07, 6.45) is 0. The number of nitrogens with zero attached hydrogens (tertiary/aromatic N) is 1. The van der Waals surface area contributed by atoms with Crippen molar-refractivity contribution < 1.29 is 14.7 Å². The fourth-order valence-electron chi connectivity index (χ4n) is 1.60. The molecule has 0 saturated heterocycles. The molecule has 0 bridgehead atoms. The second-order valence-electron chi connectivity index (χ2n) is 3.68. The number of hydrogen-bond donors (Lipinski definition) is 3. The first-order valence-electron chi connectivity index (χ1n) is 5.15. The number of primary amides is 2. The molecule has 1 aromatic rings. The molecule has 0 aliphatic carbocycles. The Balaban J connectivity index is 3.15. The van der Waals surface area contributed by atoms with Gasteiger partial charge < -0.3 is 21.5 Å². The van der Waals surface area contributed by atoms with E-state index in [4.69, 9.17) is 23.1 Å². The number of aliphatic hydroxyl groups is 1. The minimum absolute atomic E-state index is 0.184. The number of carbonyl (C=O) groups is 2. The van der Waals surface area contributed by atoms with Gasteiger partial charge in [-0.2, -0.15) is 0 Å². The van der Waals surface area contributed by atoms with E-state index in [0.29, 0.717) is 16.3 Å². The van der Waals surface area contributed by atoms with Crippen LogP contribution in [0.4, 0.5) is 5.69 Å². The van der Waals surface area contributed by atoms with Gasteiger partial charge in [0.05, 0.1) is 19.7 Å². The van der Waals surface area contributed by atoms with E-state index in [9.17, 15) is 14.7 Å². The van der Waals surface area contributed by atoms with E-state index in [1.165, 1.54) is 4.90 Å². The molecule has 1 rings (SSSR count). The van der Waals surface area contributed by atoms with Gasteiger partial charge in [-0.1, -0.05) is 17.7 Å². The summed E-state index contributed by atoms with van der Waals surface area (Å²) >= 11 is 5.93. The van der Waals surface area contributed by atoms with E-state index in [1.807, 2.05) is 0 Å². The summed E-state index contributed by atoms with van der Waals surface area (Å²) in [5.41, 5.74) is 11.1. The van der Waals surface area contributed by atoms with Crippen LogP contribution in [0.5, 0.6) is 0 Å². The molecule has 1 aromatic carbocycles. The van der Waals surface area contributed by atoms with Gasteiger partial charge in [-0.15, -0.1) is 0 Å². The highest BCUT2D eigenvalue weighted by Crippen LogP contribution is 2.27. The first kappa shape index (κ1) is 14.3. The van der Waals surface area contributed by atoms with Crippen molar-refractivity contribution in [1.82, 2.24) is 0 Å². The predicted octanol–water partition coefficient (Wildman–Crippen LogP) is -0.391. The number of amides is 2. The van der Waals surface area contributed by atoms with Crippen molar-refractivity contribution in [2.75, 3.05) is 18.0 Å². The molecule has 18 heavy (non-hydrogen) atoms. The average molecular weight is 272 g/mol. The Morgan fingerprint density at radius 2 is 1.78 bits per heavy atom. The lowest BCUT2D eigenvalue weighted by molar-refractivity contribution is -0.117. The van der Waals surface area contributed by atoms with E-state index in [2.05, 4.69) is 0 Å². The van der Waals surface area contributed by atoms with E-state index in [-0.39, 0.29) is 19.7 Å². The van der Waals surface area contributed by atoms with Crippen molar-refractivity contribution in [3.8, 4) is 0 Å². The maximum Gasteiger partial charge on any atom is 0.236 e. The third-order valence-corrected chi connectivity index (χ3v) is 2.64. The standard InChI is InChI=1S/C11H14ClN3O3/c12-8-2-1-3-9(7(8)6-16)15(4-10(13)17)5-11(14)18/h1-3,16H,4-6H2,(H2,13,17)(H2,14,18). The summed E-state index contributed by atoms with van der Waals surface area (Å²) in [5, 5.41) is 9.61. The van der Waals surface area contributed by atoms with Gasteiger partial charge in [0.2, 0.25) is 11.8 Å². The molecular formula is C11H14ClN3O3. The summed E-state index contributed by atoms with van der Waals surface area (Å²) in [7, 11) is 0. The quantitative estimate of drug-likeness (QED) is 0.654. The van der Waals surface area contributed by atoms with Crippen molar-refractivity contribution >= 4 is 29.1 Å². The number of rotatable bonds is 6. The Labute approximate surface area is 109 Å². The number of halogens is 1. The minimum Gasteiger partial charge on any atom is -0.392 e. The Morgan fingerprint density at radius 1 is 1.22 bits per heavy atom. The summed E-state index contributed by atoms with van der Waals surface area (Å²) in [4.78, 5) is 23.3. The molecule has 2 amide bonds. The second kappa shape index (κ2) is 6.23. The molecule has 0 fully saturated rings. The van der Waals surface area contributed by atoms with Crippen LogP contribution in [0.1, 0.15) is 5.56 Å². The normalized spacial score (nSPS) is 10.1. The zero-order valence-electron chi connectivity index (χ0n) is 9.60. The zero-order chi connectivity index (χ0) is 13.7. The lowest BCUT2D eigenvalue weighted by Crippen LogP contribution is -2.40. The zero-order valence-corrected chi connectivity index (χ0v) is 10.4. The topological polar surface area (TPSA) is 110 Å². The molecule has 0 spiro atoms. The van der Waals surface area contributed by atoms with Gasteiger partial charge in [-0.05, 0) is 12.1 Å². The van der Waals surface area contributed by atoms with E-state index >= 15 is 0 Å². The van der Waals surface area contributed by atoms with Crippen LogP contribution in [0.15, 0.2) is 18.2 Å². The third kappa shape index (κ3) is 3.61. The number of anilines is 1.